The molecule has 1 amide bonds. The lowest BCUT2D eigenvalue weighted by molar-refractivity contribution is -0.113. The number of nitrogens with zero attached hydrogens (tertiary/aromatic N) is 4. The van der Waals surface area contributed by atoms with Gasteiger partial charge in [-0.25, -0.2) is 4.79 Å². The Morgan fingerprint density at radius 3 is 2.79 bits per heavy atom. The van der Waals surface area contributed by atoms with Gasteiger partial charge in [-0.2, -0.15) is 0 Å². The summed E-state index contributed by atoms with van der Waals surface area (Å²) in [6.07, 6.45) is 2.67. The molecule has 154 valence electrons. The molecule has 0 radical (unpaired) electrons. The van der Waals surface area contributed by atoms with Crippen LogP contribution < -0.4 is 5.32 Å². The molecule has 10 heteroatoms. The van der Waals surface area contributed by atoms with Gasteiger partial charge in [-0.1, -0.05) is 11.8 Å². The first kappa shape index (κ1) is 21.1. The van der Waals surface area contributed by atoms with Crippen LogP contribution >= 0.6 is 23.1 Å². The lowest BCUT2D eigenvalue weighted by Gasteiger charge is -2.08. The van der Waals surface area contributed by atoms with E-state index in [-0.39, 0.29) is 11.7 Å². The Labute approximate surface area is 177 Å². The topological polar surface area (TPSA) is 91.0 Å². The molecule has 0 bridgehead atoms. The van der Waals surface area contributed by atoms with Gasteiger partial charge in [-0.05, 0) is 32.0 Å². The number of nitrogens with one attached hydrogen (secondary N) is 1. The van der Waals surface area contributed by atoms with Crippen molar-refractivity contribution in [2.75, 3.05) is 18.2 Å². The van der Waals surface area contributed by atoms with Crippen molar-refractivity contribution in [3.63, 3.8) is 0 Å². The predicted molar refractivity (Wildman–Crippen MR) is 114 cm³/mol. The van der Waals surface area contributed by atoms with Crippen LogP contribution in [0.2, 0.25) is 0 Å². The molecule has 0 atom stereocenters. The number of carbonyl (C=O) groups is 2. The van der Waals surface area contributed by atoms with Crippen molar-refractivity contribution in [1.82, 2.24) is 19.3 Å². The number of thioether (sulfide) groups is 1. The Morgan fingerprint density at radius 1 is 1.34 bits per heavy atom. The molecule has 3 rings (SSSR count). The zero-order valence-corrected chi connectivity index (χ0v) is 18.4. The molecule has 0 fully saturated rings. The summed E-state index contributed by atoms with van der Waals surface area (Å²) in [5, 5.41) is 12.6. The first-order valence-electron chi connectivity index (χ1n) is 9.06. The minimum atomic E-state index is -0.464. The molecule has 0 saturated heterocycles. The van der Waals surface area contributed by atoms with E-state index in [4.69, 9.17) is 4.74 Å². The molecule has 29 heavy (non-hydrogen) atoms. The van der Waals surface area contributed by atoms with Gasteiger partial charge in [0.25, 0.3) is 0 Å². The lowest BCUT2D eigenvalue weighted by atomic mass is 10.3. The fourth-order valence-electron chi connectivity index (χ4n) is 2.88. The van der Waals surface area contributed by atoms with Crippen LogP contribution in [0.25, 0.3) is 0 Å². The normalized spacial score (nSPS) is 10.9. The van der Waals surface area contributed by atoms with E-state index in [2.05, 4.69) is 26.1 Å². The Balaban J connectivity index is 1.65. The summed E-state index contributed by atoms with van der Waals surface area (Å²) < 4.78 is 8.84. The quantitative estimate of drug-likeness (QED) is 0.434. The first-order valence-corrected chi connectivity index (χ1v) is 10.9. The number of hydrogen-bond acceptors (Lipinski definition) is 7. The second-order valence-corrected chi connectivity index (χ2v) is 8.56. The van der Waals surface area contributed by atoms with E-state index in [0.717, 1.165) is 16.4 Å². The van der Waals surface area contributed by atoms with Gasteiger partial charge in [-0.3, -0.25) is 4.79 Å². The molecule has 0 unspecified atom stereocenters. The van der Waals surface area contributed by atoms with E-state index < -0.39 is 5.97 Å². The fraction of sp³-hybridized carbons (Fsp3) is 0.368. The van der Waals surface area contributed by atoms with Crippen LogP contribution in [0.4, 0.5) is 5.00 Å². The molecule has 3 aromatic heterocycles. The van der Waals surface area contributed by atoms with Crippen LogP contribution in [0.3, 0.4) is 0 Å². The number of aromatic nitrogens is 4. The van der Waals surface area contributed by atoms with Crippen LogP contribution in [0.1, 0.15) is 33.7 Å². The fourth-order valence-corrected chi connectivity index (χ4v) is 4.61. The van der Waals surface area contributed by atoms with Crippen LogP contribution in [0, 0.1) is 6.92 Å². The molecule has 3 heterocycles. The Hall–Kier alpha value is -2.59. The average Bonchev–Trinajstić information content (AvgIpc) is 3.39. The monoisotopic (exact) mass is 433 g/mol. The highest BCUT2D eigenvalue weighted by Gasteiger charge is 2.19. The highest BCUT2D eigenvalue weighted by atomic mass is 32.2. The maximum Gasteiger partial charge on any atom is 0.340 e. The number of esters is 1. The predicted octanol–water partition coefficient (Wildman–Crippen LogP) is 3.11. The molecule has 0 spiro atoms. The Morgan fingerprint density at radius 2 is 2.14 bits per heavy atom. The molecule has 0 aliphatic heterocycles. The summed E-state index contributed by atoms with van der Waals surface area (Å²) in [6.45, 7) is 4.62. The number of methoxy groups -OCH3 is 1. The van der Waals surface area contributed by atoms with E-state index in [1.165, 1.54) is 30.2 Å². The third-order valence-corrected chi connectivity index (χ3v) is 6.28. The third kappa shape index (κ3) is 4.88. The zero-order valence-electron chi connectivity index (χ0n) is 16.8. The SMILES string of the molecule is CCn1c(Cc2cccn2C)nnc1SCC(=O)Nc1sc(C)cc1C(=O)OC. The average molecular weight is 434 g/mol. The summed E-state index contributed by atoms with van der Waals surface area (Å²) >= 11 is 2.67. The standard InChI is InChI=1S/C19H23N5O3S2/c1-5-24-15(10-13-7-6-8-23(13)3)21-22-19(24)28-11-16(25)20-17-14(18(26)27-4)9-12(2)29-17/h6-9H,5,10-11H2,1-4H3,(H,20,25). The second-order valence-electron chi connectivity index (χ2n) is 6.36. The van der Waals surface area contributed by atoms with Crippen molar-refractivity contribution in [2.24, 2.45) is 7.05 Å². The van der Waals surface area contributed by atoms with E-state index >= 15 is 0 Å². The number of carbonyl (C=O) groups excluding carboxylic acids is 2. The molecule has 0 aliphatic carbocycles. The maximum atomic E-state index is 12.4. The van der Waals surface area contributed by atoms with Crippen molar-refractivity contribution < 1.29 is 14.3 Å². The molecule has 1 N–H and O–H groups in total. The molecule has 0 aromatic carbocycles. The number of amides is 1. The van der Waals surface area contributed by atoms with Gasteiger partial charge >= 0.3 is 5.97 Å². The van der Waals surface area contributed by atoms with Gasteiger partial charge in [0.2, 0.25) is 5.91 Å². The highest BCUT2D eigenvalue weighted by molar-refractivity contribution is 7.99. The second kappa shape index (κ2) is 9.27. The van der Waals surface area contributed by atoms with Crippen molar-refractivity contribution in [3.05, 3.63) is 46.4 Å². The zero-order chi connectivity index (χ0) is 21.0. The minimum Gasteiger partial charge on any atom is -0.465 e. The van der Waals surface area contributed by atoms with E-state index in [1.807, 2.05) is 37.7 Å². The number of anilines is 1. The smallest absolute Gasteiger partial charge is 0.340 e. The van der Waals surface area contributed by atoms with Crippen LogP contribution in [-0.2, 0) is 29.5 Å². The van der Waals surface area contributed by atoms with E-state index in [0.29, 0.717) is 28.7 Å². The van der Waals surface area contributed by atoms with Crippen LogP contribution in [-0.4, -0.2) is 44.1 Å². The van der Waals surface area contributed by atoms with Gasteiger partial charge in [0.15, 0.2) is 5.16 Å². The summed E-state index contributed by atoms with van der Waals surface area (Å²) in [5.74, 6) is 0.351. The highest BCUT2D eigenvalue weighted by Crippen LogP contribution is 2.28. The molecular formula is C19H23N5O3S2. The van der Waals surface area contributed by atoms with Crippen LogP contribution in [0.5, 0.6) is 0 Å². The number of hydrogen-bond donors (Lipinski definition) is 1. The number of aryl methyl sites for hydroxylation is 2. The van der Waals surface area contributed by atoms with Crippen molar-refractivity contribution in [2.45, 2.75) is 32.0 Å². The number of thiophene rings is 1. The van der Waals surface area contributed by atoms with Gasteiger partial charge < -0.3 is 19.2 Å². The molecule has 0 aliphatic rings. The summed E-state index contributed by atoms with van der Waals surface area (Å²) in [4.78, 5) is 25.2. The van der Waals surface area contributed by atoms with E-state index in [1.54, 1.807) is 6.07 Å². The Kier molecular flexibility index (Phi) is 6.75. The van der Waals surface area contributed by atoms with Gasteiger partial charge in [0.1, 0.15) is 10.8 Å². The van der Waals surface area contributed by atoms with Gasteiger partial charge in [0.05, 0.1) is 18.4 Å². The minimum absolute atomic E-state index is 0.167. The Bertz CT molecular complexity index is 1020. The van der Waals surface area contributed by atoms with Gasteiger partial charge in [-0.15, -0.1) is 21.5 Å². The summed E-state index contributed by atoms with van der Waals surface area (Å²) in [6, 6.07) is 5.76. The van der Waals surface area contributed by atoms with Crippen molar-refractivity contribution in [3.8, 4) is 0 Å². The molecular weight excluding hydrogens is 410 g/mol. The molecule has 0 saturated carbocycles. The van der Waals surface area contributed by atoms with E-state index in [9.17, 15) is 9.59 Å². The molecule has 8 nitrogen and oxygen atoms in total. The summed E-state index contributed by atoms with van der Waals surface area (Å²) in [5.41, 5.74) is 1.51. The number of rotatable bonds is 8. The largest absolute Gasteiger partial charge is 0.465 e. The van der Waals surface area contributed by atoms with Crippen molar-refractivity contribution in [1.29, 1.82) is 0 Å². The lowest BCUT2D eigenvalue weighted by Crippen LogP contribution is -2.16. The first-order chi connectivity index (χ1) is 13.9. The third-order valence-electron chi connectivity index (χ3n) is 4.35. The van der Waals surface area contributed by atoms with Gasteiger partial charge in [0, 0.05) is 36.8 Å². The summed E-state index contributed by atoms with van der Waals surface area (Å²) in [7, 11) is 3.32. The number of ether oxygens (including phenoxy) is 1. The van der Waals surface area contributed by atoms with Crippen LogP contribution in [0.15, 0.2) is 29.6 Å². The maximum absolute atomic E-state index is 12.4. The van der Waals surface area contributed by atoms with Crippen molar-refractivity contribution >= 4 is 40.0 Å². The molecule has 3 aromatic rings.